The smallest absolute Gasteiger partial charge is 0.317 e. The van der Waals surface area contributed by atoms with Crippen molar-refractivity contribution in [3.63, 3.8) is 0 Å². The molecular weight excluding hydrogens is 244 g/mol. The third-order valence-corrected chi connectivity index (χ3v) is 2.53. The number of hydrogen-bond donors (Lipinski definition) is 2. The summed E-state index contributed by atoms with van der Waals surface area (Å²) >= 11 is 0. The van der Waals surface area contributed by atoms with Crippen LogP contribution in [0, 0.1) is 0 Å². The fraction of sp³-hybridized carbons (Fsp3) is 0.500. The van der Waals surface area contributed by atoms with Crippen LogP contribution in [-0.4, -0.2) is 33.0 Å². The molecule has 0 aliphatic rings. The lowest BCUT2D eigenvalue weighted by Crippen LogP contribution is -2.39. The van der Waals surface area contributed by atoms with Crippen molar-refractivity contribution >= 4 is 6.03 Å². The van der Waals surface area contributed by atoms with E-state index in [0.717, 1.165) is 18.6 Å². The van der Waals surface area contributed by atoms with Crippen molar-refractivity contribution in [1.29, 1.82) is 0 Å². The Balaban J connectivity index is 2.19. The number of aryl methyl sites for hydroxylation is 1. The zero-order valence-electron chi connectivity index (χ0n) is 11.6. The van der Waals surface area contributed by atoms with E-state index in [4.69, 9.17) is 9.47 Å². The molecule has 0 fully saturated rings. The van der Waals surface area contributed by atoms with Gasteiger partial charge in [0.15, 0.2) is 6.73 Å². The van der Waals surface area contributed by atoms with Crippen LogP contribution in [0.2, 0.25) is 0 Å². The number of benzene rings is 1. The molecule has 0 heterocycles. The number of hydrogen-bond acceptors (Lipinski definition) is 3. The first kappa shape index (κ1) is 15.3. The third kappa shape index (κ3) is 6.67. The van der Waals surface area contributed by atoms with E-state index in [0.29, 0.717) is 13.2 Å². The number of methoxy groups -OCH3 is 1. The summed E-state index contributed by atoms with van der Waals surface area (Å²) < 4.78 is 10.2. The van der Waals surface area contributed by atoms with Gasteiger partial charge in [-0.25, -0.2) is 4.79 Å². The molecule has 2 amide bonds. The Morgan fingerprint density at radius 1 is 1.21 bits per heavy atom. The van der Waals surface area contributed by atoms with Gasteiger partial charge in [0.25, 0.3) is 0 Å². The van der Waals surface area contributed by atoms with E-state index >= 15 is 0 Å². The second-order valence-electron chi connectivity index (χ2n) is 4.11. The predicted molar refractivity (Wildman–Crippen MR) is 74.3 cm³/mol. The van der Waals surface area contributed by atoms with Crippen LogP contribution in [-0.2, 0) is 11.2 Å². The second-order valence-corrected chi connectivity index (χ2v) is 4.11. The van der Waals surface area contributed by atoms with E-state index in [9.17, 15) is 4.79 Å². The SMILES string of the molecule is CCCc1ccc(OCNC(=O)NCCOC)cc1. The first-order valence-electron chi connectivity index (χ1n) is 6.48. The van der Waals surface area contributed by atoms with E-state index in [-0.39, 0.29) is 12.8 Å². The largest absolute Gasteiger partial charge is 0.473 e. The Morgan fingerprint density at radius 3 is 2.58 bits per heavy atom. The van der Waals surface area contributed by atoms with Crippen LogP contribution in [0.25, 0.3) is 0 Å². The molecule has 0 saturated carbocycles. The molecule has 0 spiro atoms. The van der Waals surface area contributed by atoms with Crippen LogP contribution >= 0.6 is 0 Å². The fourth-order valence-corrected chi connectivity index (χ4v) is 1.56. The van der Waals surface area contributed by atoms with E-state index in [1.54, 1.807) is 7.11 Å². The Labute approximate surface area is 114 Å². The molecule has 0 aliphatic heterocycles. The monoisotopic (exact) mass is 266 g/mol. The lowest BCUT2D eigenvalue weighted by Gasteiger charge is -2.09. The second kappa shape index (κ2) is 9.22. The van der Waals surface area contributed by atoms with Crippen molar-refractivity contribution in [3.8, 4) is 5.75 Å². The predicted octanol–water partition coefficient (Wildman–Crippen LogP) is 1.92. The van der Waals surface area contributed by atoms with Gasteiger partial charge in [-0.15, -0.1) is 0 Å². The van der Waals surface area contributed by atoms with E-state index in [1.165, 1.54) is 5.56 Å². The van der Waals surface area contributed by atoms with Gasteiger partial charge >= 0.3 is 6.03 Å². The summed E-state index contributed by atoms with van der Waals surface area (Å²) in [6, 6.07) is 7.64. The molecule has 106 valence electrons. The van der Waals surface area contributed by atoms with Crippen LogP contribution in [0.5, 0.6) is 5.75 Å². The van der Waals surface area contributed by atoms with Crippen molar-refractivity contribution in [1.82, 2.24) is 10.6 Å². The lowest BCUT2D eigenvalue weighted by atomic mass is 10.1. The van der Waals surface area contributed by atoms with Crippen LogP contribution in [0.3, 0.4) is 0 Å². The Morgan fingerprint density at radius 2 is 1.95 bits per heavy atom. The highest BCUT2D eigenvalue weighted by atomic mass is 16.5. The standard InChI is InChI=1S/C14H22N2O3/c1-3-4-12-5-7-13(8-6-12)19-11-16-14(17)15-9-10-18-2/h5-8H,3-4,9-11H2,1-2H3,(H2,15,16,17). The highest BCUT2D eigenvalue weighted by molar-refractivity contribution is 5.73. The maximum Gasteiger partial charge on any atom is 0.317 e. The average molecular weight is 266 g/mol. The van der Waals surface area contributed by atoms with Gasteiger partial charge in [-0.1, -0.05) is 25.5 Å². The van der Waals surface area contributed by atoms with Crippen molar-refractivity contribution in [2.45, 2.75) is 19.8 Å². The summed E-state index contributed by atoms with van der Waals surface area (Å²) in [5.74, 6) is 0.747. The summed E-state index contributed by atoms with van der Waals surface area (Å²) in [6.45, 7) is 3.27. The van der Waals surface area contributed by atoms with Gasteiger partial charge in [-0.05, 0) is 24.1 Å². The zero-order chi connectivity index (χ0) is 13.9. The molecule has 0 saturated heterocycles. The van der Waals surface area contributed by atoms with Gasteiger partial charge in [0.2, 0.25) is 0 Å². The Hall–Kier alpha value is -1.75. The molecule has 1 aromatic rings. The number of urea groups is 1. The molecule has 0 radical (unpaired) electrons. The highest BCUT2D eigenvalue weighted by Gasteiger charge is 1.99. The highest BCUT2D eigenvalue weighted by Crippen LogP contribution is 2.12. The van der Waals surface area contributed by atoms with E-state index in [1.807, 2.05) is 24.3 Å². The Kier molecular flexibility index (Phi) is 7.43. The molecule has 1 aromatic carbocycles. The first-order valence-corrected chi connectivity index (χ1v) is 6.48. The number of amides is 2. The maximum absolute atomic E-state index is 11.3. The third-order valence-electron chi connectivity index (χ3n) is 2.53. The van der Waals surface area contributed by atoms with Gasteiger partial charge in [-0.3, -0.25) is 0 Å². The van der Waals surface area contributed by atoms with Gasteiger partial charge in [-0.2, -0.15) is 0 Å². The zero-order valence-corrected chi connectivity index (χ0v) is 11.6. The van der Waals surface area contributed by atoms with E-state index in [2.05, 4.69) is 17.6 Å². The van der Waals surface area contributed by atoms with Crippen LogP contribution < -0.4 is 15.4 Å². The molecule has 5 nitrogen and oxygen atoms in total. The molecule has 0 aromatic heterocycles. The summed E-state index contributed by atoms with van der Waals surface area (Å²) in [5, 5.41) is 5.24. The van der Waals surface area contributed by atoms with E-state index < -0.39 is 0 Å². The lowest BCUT2D eigenvalue weighted by molar-refractivity contribution is 0.192. The number of nitrogens with one attached hydrogen (secondary N) is 2. The van der Waals surface area contributed by atoms with Crippen LogP contribution in [0.15, 0.2) is 24.3 Å². The molecule has 0 bridgehead atoms. The minimum absolute atomic E-state index is 0.145. The van der Waals surface area contributed by atoms with Gasteiger partial charge in [0.05, 0.1) is 6.61 Å². The summed E-state index contributed by atoms with van der Waals surface area (Å²) in [4.78, 5) is 11.3. The molecule has 5 heteroatoms. The normalized spacial score (nSPS) is 10.0. The quantitative estimate of drug-likeness (QED) is 0.558. The summed E-state index contributed by atoms with van der Waals surface area (Å²) in [6.07, 6.45) is 2.20. The number of rotatable bonds is 8. The van der Waals surface area contributed by atoms with Crippen LogP contribution in [0.1, 0.15) is 18.9 Å². The fourth-order valence-electron chi connectivity index (χ4n) is 1.56. The number of carbonyl (C=O) groups excluding carboxylic acids is 1. The van der Waals surface area contributed by atoms with Crippen molar-refractivity contribution in [2.24, 2.45) is 0 Å². The van der Waals surface area contributed by atoms with Crippen molar-refractivity contribution in [3.05, 3.63) is 29.8 Å². The topological polar surface area (TPSA) is 59.6 Å². The summed E-state index contributed by atoms with van der Waals surface area (Å²) in [5.41, 5.74) is 1.29. The first-order chi connectivity index (χ1) is 9.26. The van der Waals surface area contributed by atoms with Gasteiger partial charge < -0.3 is 20.1 Å². The van der Waals surface area contributed by atoms with Crippen LogP contribution in [0.4, 0.5) is 4.79 Å². The minimum atomic E-state index is -0.264. The van der Waals surface area contributed by atoms with Gasteiger partial charge in [0.1, 0.15) is 5.75 Å². The average Bonchev–Trinajstić information content (AvgIpc) is 2.41. The molecule has 0 aliphatic carbocycles. The summed E-state index contributed by atoms with van der Waals surface area (Å²) in [7, 11) is 1.59. The number of ether oxygens (including phenoxy) is 2. The Bertz CT molecular complexity index is 365. The number of carbonyl (C=O) groups is 1. The van der Waals surface area contributed by atoms with Gasteiger partial charge in [0, 0.05) is 13.7 Å². The molecule has 19 heavy (non-hydrogen) atoms. The molecule has 2 N–H and O–H groups in total. The molecule has 1 rings (SSSR count). The maximum atomic E-state index is 11.3. The van der Waals surface area contributed by atoms with Crippen molar-refractivity contribution in [2.75, 3.05) is 27.0 Å². The molecule has 0 atom stereocenters. The molecule has 0 unspecified atom stereocenters. The molecular formula is C14H22N2O3. The minimum Gasteiger partial charge on any atom is -0.473 e. The van der Waals surface area contributed by atoms with Crippen molar-refractivity contribution < 1.29 is 14.3 Å².